The van der Waals surface area contributed by atoms with Gasteiger partial charge >= 0.3 is 6.03 Å². The van der Waals surface area contributed by atoms with E-state index in [1.54, 1.807) is 0 Å². The molecule has 0 atom stereocenters. The van der Waals surface area contributed by atoms with Crippen LogP contribution in [0.5, 0.6) is 0 Å². The van der Waals surface area contributed by atoms with Crippen molar-refractivity contribution in [2.24, 2.45) is 0 Å². The quantitative estimate of drug-likeness (QED) is 0.604. The maximum Gasteiger partial charge on any atom is 0.314 e. The summed E-state index contributed by atoms with van der Waals surface area (Å²) in [5.41, 5.74) is 0. The molecule has 4 nitrogen and oxygen atoms in total. The molecular weight excluding hydrogens is 178 g/mol. The first kappa shape index (κ1) is 13.2. The highest BCUT2D eigenvalue weighted by atomic mass is 16.2. The molecule has 0 aromatic carbocycles. The van der Waals surface area contributed by atoms with E-state index in [2.05, 4.69) is 22.5 Å². The summed E-state index contributed by atoms with van der Waals surface area (Å²) in [6.45, 7) is 4.64. The largest absolute Gasteiger partial charge is 0.338 e. The minimum absolute atomic E-state index is 0.0443. The van der Waals surface area contributed by atoms with Gasteiger partial charge in [0, 0.05) is 13.1 Å². The van der Waals surface area contributed by atoms with Crippen LogP contribution in [0.4, 0.5) is 4.79 Å². The number of hydrogen-bond acceptors (Lipinski definition) is 2. The van der Waals surface area contributed by atoms with E-state index in [0.29, 0.717) is 0 Å². The molecule has 0 bridgehead atoms. The highest BCUT2D eigenvalue weighted by molar-refractivity contribution is 5.73. The lowest BCUT2D eigenvalue weighted by Gasteiger charge is -2.10. The lowest BCUT2D eigenvalue weighted by Crippen LogP contribution is -2.37. The number of rotatable bonds is 7. The summed E-state index contributed by atoms with van der Waals surface area (Å²) in [4.78, 5) is 13.2. The molecular formula is C10H23N3O. The van der Waals surface area contributed by atoms with Crippen molar-refractivity contribution < 1.29 is 4.79 Å². The highest BCUT2D eigenvalue weighted by Crippen LogP contribution is 1.83. The molecule has 0 unspecified atom stereocenters. The molecule has 14 heavy (non-hydrogen) atoms. The van der Waals surface area contributed by atoms with E-state index in [-0.39, 0.29) is 6.03 Å². The monoisotopic (exact) mass is 201 g/mol. The minimum Gasteiger partial charge on any atom is -0.338 e. The van der Waals surface area contributed by atoms with Crippen LogP contribution in [-0.4, -0.2) is 44.7 Å². The predicted octanol–water partition coefficient (Wildman–Crippen LogP) is 1.04. The Labute approximate surface area is 87.0 Å². The second-order valence-corrected chi connectivity index (χ2v) is 3.69. The SMILES string of the molecule is CCCCNC(=O)NCCCN(C)C. The topological polar surface area (TPSA) is 44.4 Å². The number of carbonyl (C=O) groups excluding carboxylic acids is 1. The maximum atomic E-state index is 11.1. The van der Waals surface area contributed by atoms with Gasteiger partial charge in [-0.1, -0.05) is 13.3 Å². The number of nitrogens with zero attached hydrogens (tertiary/aromatic N) is 1. The number of unbranched alkanes of at least 4 members (excludes halogenated alkanes) is 1. The van der Waals surface area contributed by atoms with Crippen LogP contribution in [0.25, 0.3) is 0 Å². The predicted molar refractivity (Wildman–Crippen MR) is 59.5 cm³/mol. The van der Waals surface area contributed by atoms with E-state index in [9.17, 15) is 4.79 Å². The zero-order valence-corrected chi connectivity index (χ0v) is 9.60. The summed E-state index contributed by atoms with van der Waals surface area (Å²) in [7, 11) is 4.06. The third-order valence-corrected chi connectivity index (χ3v) is 1.88. The third kappa shape index (κ3) is 9.32. The van der Waals surface area contributed by atoms with E-state index in [0.717, 1.165) is 38.9 Å². The van der Waals surface area contributed by atoms with Crippen LogP contribution in [0.2, 0.25) is 0 Å². The van der Waals surface area contributed by atoms with Crippen LogP contribution in [-0.2, 0) is 0 Å². The van der Waals surface area contributed by atoms with Gasteiger partial charge in [0.05, 0.1) is 0 Å². The zero-order valence-electron chi connectivity index (χ0n) is 9.60. The Morgan fingerprint density at radius 1 is 1.14 bits per heavy atom. The number of urea groups is 1. The van der Waals surface area contributed by atoms with Gasteiger partial charge in [0.15, 0.2) is 0 Å². The first-order valence-corrected chi connectivity index (χ1v) is 5.33. The lowest BCUT2D eigenvalue weighted by atomic mass is 10.3. The van der Waals surface area contributed by atoms with Crippen LogP contribution in [0, 0.1) is 0 Å². The fourth-order valence-corrected chi connectivity index (χ4v) is 1.04. The van der Waals surface area contributed by atoms with Gasteiger partial charge < -0.3 is 15.5 Å². The van der Waals surface area contributed by atoms with Crippen molar-refractivity contribution in [1.29, 1.82) is 0 Å². The second kappa shape index (κ2) is 8.81. The molecule has 4 heteroatoms. The number of amides is 2. The van der Waals surface area contributed by atoms with E-state index in [1.165, 1.54) is 0 Å². The molecule has 0 spiro atoms. The smallest absolute Gasteiger partial charge is 0.314 e. The van der Waals surface area contributed by atoms with Gasteiger partial charge in [-0.05, 0) is 33.5 Å². The average molecular weight is 201 g/mol. The summed E-state index contributed by atoms with van der Waals surface area (Å²) in [5.74, 6) is 0. The fourth-order valence-electron chi connectivity index (χ4n) is 1.04. The van der Waals surface area contributed by atoms with E-state index in [1.807, 2.05) is 14.1 Å². The zero-order chi connectivity index (χ0) is 10.8. The van der Waals surface area contributed by atoms with Crippen LogP contribution >= 0.6 is 0 Å². The van der Waals surface area contributed by atoms with Gasteiger partial charge in [-0.2, -0.15) is 0 Å². The molecule has 0 heterocycles. The molecule has 0 rings (SSSR count). The molecule has 2 amide bonds. The normalized spacial score (nSPS) is 10.3. The van der Waals surface area contributed by atoms with Crippen molar-refractivity contribution in [3.8, 4) is 0 Å². The standard InChI is InChI=1S/C10H23N3O/c1-4-5-7-11-10(14)12-8-6-9-13(2)3/h4-9H2,1-3H3,(H2,11,12,14). The molecule has 84 valence electrons. The van der Waals surface area contributed by atoms with Crippen molar-refractivity contribution in [3.63, 3.8) is 0 Å². The van der Waals surface area contributed by atoms with Gasteiger partial charge in [-0.3, -0.25) is 0 Å². The lowest BCUT2D eigenvalue weighted by molar-refractivity contribution is 0.240. The van der Waals surface area contributed by atoms with Crippen molar-refractivity contribution >= 4 is 6.03 Å². The molecule has 0 fully saturated rings. The first-order chi connectivity index (χ1) is 6.66. The molecule has 0 saturated heterocycles. The summed E-state index contributed by atoms with van der Waals surface area (Å²) in [6.07, 6.45) is 3.15. The van der Waals surface area contributed by atoms with E-state index in [4.69, 9.17) is 0 Å². The van der Waals surface area contributed by atoms with Gasteiger partial charge in [-0.15, -0.1) is 0 Å². The summed E-state index contributed by atoms with van der Waals surface area (Å²) >= 11 is 0. The van der Waals surface area contributed by atoms with Gasteiger partial charge in [-0.25, -0.2) is 4.79 Å². The van der Waals surface area contributed by atoms with Crippen molar-refractivity contribution in [2.75, 3.05) is 33.7 Å². The Balaban J connectivity index is 3.18. The molecule has 0 saturated carbocycles. The first-order valence-electron chi connectivity index (χ1n) is 5.33. The molecule has 0 aromatic rings. The molecule has 2 N–H and O–H groups in total. The molecule has 0 aromatic heterocycles. The summed E-state index contributed by atoms with van der Waals surface area (Å²) < 4.78 is 0. The van der Waals surface area contributed by atoms with E-state index >= 15 is 0 Å². The van der Waals surface area contributed by atoms with E-state index < -0.39 is 0 Å². The third-order valence-electron chi connectivity index (χ3n) is 1.88. The fraction of sp³-hybridized carbons (Fsp3) is 0.900. The Morgan fingerprint density at radius 3 is 2.21 bits per heavy atom. The van der Waals surface area contributed by atoms with Crippen LogP contribution < -0.4 is 10.6 Å². The highest BCUT2D eigenvalue weighted by Gasteiger charge is 1.97. The van der Waals surface area contributed by atoms with Crippen molar-refractivity contribution in [2.45, 2.75) is 26.2 Å². The Bertz CT molecular complexity index is 148. The Kier molecular flexibility index (Phi) is 8.33. The second-order valence-electron chi connectivity index (χ2n) is 3.69. The van der Waals surface area contributed by atoms with Gasteiger partial charge in [0.1, 0.15) is 0 Å². The van der Waals surface area contributed by atoms with Crippen LogP contribution in [0.15, 0.2) is 0 Å². The average Bonchev–Trinajstić information content (AvgIpc) is 2.13. The molecule has 0 aliphatic carbocycles. The molecule has 0 aliphatic rings. The van der Waals surface area contributed by atoms with Gasteiger partial charge in [0.25, 0.3) is 0 Å². The number of nitrogens with one attached hydrogen (secondary N) is 2. The van der Waals surface area contributed by atoms with Crippen molar-refractivity contribution in [1.82, 2.24) is 15.5 Å². The van der Waals surface area contributed by atoms with Crippen LogP contribution in [0.3, 0.4) is 0 Å². The maximum absolute atomic E-state index is 11.1. The van der Waals surface area contributed by atoms with Crippen LogP contribution in [0.1, 0.15) is 26.2 Å². The Morgan fingerprint density at radius 2 is 1.71 bits per heavy atom. The number of carbonyl (C=O) groups is 1. The summed E-state index contributed by atoms with van der Waals surface area (Å²) in [5, 5.41) is 5.63. The molecule has 0 radical (unpaired) electrons. The van der Waals surface area contributed by atoms with Crippen molar-refractivity contribution in [3.05, 3.63) is 0 Å². The molecule has 0 aliphatic heterocycles. The Hall–Kier alpha value is -0.770. The number of hydrogen-bond donors (Lipinski definition) is 2. The summed E-state index contributed by atoms with van der Waals surface area (Å²) in [6, 6.07) is -0.0443. The minimum atomic E-state index is -0.0443. The van der Waals surface area contributed by atoms with Gasteiger partial charge in [0.2, 0.25) is 0 Å².